The van der Waals surface area contributed by atoms with Crippen molar-refractivity contribution in [3.63, 3.8) is 0 Å². The maximum atomic E-state index is 12.0. The van der Waals surface area contributed by atoms with E-state index in [0.717, 1.165) is 12.1 Å². The lowest BCUT2D eigenvalue weighted by atomic mass is 10.1. The molecule has 0 saturated carbocycles. The van der Waals surface area contributed by atoms with E-state index in [9.17, 15) is 4.79 Å². The van der Waals surface area contributed by atoms with Gasteiger partial charge in [0, 0.05) is 44.9 Å². The fourth-order valence-electron chi connectivity index (χ4n) is 2.89. The topological polar surface area (TPSA) is 85.4 Å². The molecule has 0 spiro atoms. The first-order chi connectivity index (χ1) is 12.0. The second kappa shape index (κ2) is 7.55. The molecular formula is C16H22ClN5O3. The highest BCUT2D eigenvalue weighted by Gasteiger charge is 2.28. The number of nitrogens with one attached hydrogen (secondary N) is 1. The third kappa shape index (κ3) is 3.86. The number of nitrogens with zero attached hydrogens (tertiary/aromatic N) is 4. The predicted molar refractivity (Wildman–Crippen MR) is 92.2 cm³/mol. The first kappa shape index (κ1) is 17.9. The second-order valence-electron chi connectivity index (χ2n) is 6.05. The molecule has 1 saturated heterocycles. The monoisotopic (exact) mass is 367 g/mol. The summed E-state index contributed by atoms with van der Waals surface area (Å²) in [4.78, 5) is 14.2. The van der Waals surface area contributed by atoms with E-state index in [1.807, 2.05) is 19.9 Å². The molecule has 3 rings (SSSR count). The van der Waals surface area contributed by atoms with Crippen LogP contribution in [0.4, 0.5) is 0 Å². The highest BCUT2D eigenvalue weighted by atomic mass is 35.5. The van der Waals surface area contributed by atoms with Crippen LogP contribution in [0.25, 0.3) is 11.4 Å². The first-order valence-electron chi connectivity index (χ1n) is 8.26. The predicted octanol–water partition coefficient (Wildman–Crippen LogP) is 1.37. The molecular weight excluding hydrogens is 346 g/mol. The number of ether oxygens (including phenoxy) is 1. The van der Waals surface area contributed by atoms with Gasteiger partial charge in [-0.1, -0.05) is 16.8 Å². The van der Waals surface area contributed by atoms with Crippen LogP contribution in [-0.4, -0.2) is 58.1 Å². The quantitative estimate of drug-likeness (QED) is 0.859. The van der Waals surface area contributed by atoms with Crippen LogP contribution < -0.4 is 5.32 Å². The Hall–Kier alpha value is -1.90. The van der Waals surface area contributed by atoms with Gasteiger partial charge in [0.1, 0.15) is 28.4 Å². The van der Waals surface area contributed by atoms with E-state index in [1.165, 1.54) is 0 Å². The number of halogens is 1. The lowest BCUT2D eigenvalue weighted by Gasteiger charge is -2.32. The Morgan fingerprint density at radius 1 is 1.52 bits per heavy atom. The van der Waals surface area contributed by atoms with E-state index in [0.29, 0.717) is 48.5 Å². The molecule has 1 fully saturated rings. The third-order valence-electron chi connectivity index (χ3n) is 4.12. The summed E-state index contributed by atoms with van der Waals surface area (Å²) in [5, 5.41) is 11.9. The largest absolute Gasteiger partial charge is 0.366 e. The summed E-state index contributed by atoms with van der Waals surface area (Å²) in [5.41, 5.74) is 2.22. The third-order valence-corrected chi connectivity index (χ3v) is 4.59. The Morgan fingerprint density at radius 3 is 3.00 bits per heavy atom. The van der Waals surface area contributed by atoms with Crippen LogP contribution in [0.15, 0.2) is 10.6 Å². The summed E-state index contributed by atoms with van der Waals surface area (Å²) >= 11 is 6.44. The smallest absolute Gasteiger partial charge is 0.250 e. The minimum Gasteiger partial charge on any atom is -0.366 e. The zero-order valence-corrected chi connectivity index (χ0v) is 15.3. The number of rotatable bonds is 5. The van der Waals surface area contributed by atoms with Crippen molar-refractivity contribution in [2.75, 3.05) is 26.2 Å². The number of likely N-dealkylation sites (N-methyl/N-ethyl adjacent to an activating group) is 1. The van der Waals surface area contributed by atoms with Crippen LogP contribution in [0.5, 0.6) is 0 Å². The van der Waals surface area contributed by atoms with Crippen LogP contribution in [0, 0.1) is 6.92 Å². The van der Waals surface area contributed by atoms with Gasteiger partial charge < -0.3 is 14.6 Å². The van der Waals surface area contributed by atoms with Gasteiger partial charge in [-0.05, 0) is 13.8 Å². The van der Waals surface area contributed by atoms with Gasteiger partial charge in [-0.3, -0.25) is 14.4 Å². The maximum absolute atomic E-state index is 12.0. The summed E-state index contributed by atoms with van der Waals surface area (Å²) < 4.78 is 12.4. The lowest BCUT2D eigenvalue weighted by molar-refractivity contribution is -0.138. The molecule has 0 aliphatic carbocycles. The van der Waals surface area contributed by atoms with Gasteiger partial charge >= 0.3 is 0 Å². The Bertz CT molecular complexity index is 757. The molecule has 0 radical (unpaired) electrons. The zero-order valence-electron chi connectivity index (χ0n) is 14.6. The van der Waals surface area contributed by atoms with Gasteiger partial charge in [0.2, 0.25) is 5.91 Å². The van der Waals surface area contributed by atoms with Crippen molar-refractivity contribution in [2.24, 2.45) is 7.05 Å². The van der Waals surface area contributed by atoms with Crippen LogP contribution >= 0.6 is 11.6 Å². The van der Waals surface area contributed by atoms with Crippen molar-refractivity contribution in [3.05, 3.63) is 22.5 Å². The average Bonchev–Trinajstić information content (AvgIpc) is 3.14. The van der Waals surface area contributed by atoms with E-state index in [4.69, 9.17) is 20.9 Å². The Kier molecular flexibility index (Phi) is 5.41. The molecule has 2 aromatic heterocycles. The number of aryl methyl sites for hydroxylation is 2. The van der Waals surface area contributed by atoms with Gasteiger partial charge in [-0.25, -0.2) is 0 Å². The Labute approximate surface area is 151 Å². The molecule has 25 heavy (non-hydrogen) atoms. The molecule has 1 aliphatic heterocycles. The molecule has 136 valence electrons. The molecule has 9 heteroatoms. The minimum atomic E-state index is -0.470. The Morgan fingerprint density at radius 2 is 2.32 bits per heavy atom. The average molecular weight is 368 g/mol. The fourth-order valence-corrected chi connectivity index (χ4v) is 3.07. The first-order valence-corrected chi connectivity index (χ1v) is 8.64. The normalized spacial score (nSPS) is 18.5. The molecule has 8 nitrogen and oxygen atoms in total. The zero-order chi connectivity index (χ0) is 18.0. The molecule has 0 aromatic carbocycles. The summed E-state index contributed by atoms with van der Waals surface area (Å²) in [7, 11) is 1.79. The van der Waals surface area contributed by atoms with E-state index in [2.05, 4.69) is 20.5 Å². The van der Waals surface area contributed by atoms with E-state index < -0.39 is 6.10 Å². The van der Waals surface area contributed by atoms with Gasteiger partial charge in [-0.2, -0.15) is 5.10 Å². The molecule has 0 bridgehead atoms. The standard InChI is InChI=1S/C16H22ClN5O3/c1-4-18-16(23)13-9-22(5-6-24-13)8-11-14(19-21(3)15(11)17)12-7-10(2)25-20-12/h7,13H,4-6,8-9H2,1-3H3,(H,18,23)/t13-/m1/s1. The van der Waals surface area contributed by atoms with Gasteiger partial charge in [-0.15, -0.1) is 0 Å². The summed E-state index contributed by atoms with van der Waals surface area (Å²) in [6.45, 7) is 6.60. The van der Waals surface area contributed by atoms with Gasteiger partial charge in [0.15, 0.2) is 0 Å². The fraction of sp³-hybridized carbons (Fsp3) is 0.562. The van der Waals surface area contributed by atoms with Crippen LogP contribution in [0.2, 0.25) is 5.15 Å². The lowest BCUT2D eigenvalue weighted by Crippen LogP contribution is -2.49. The number of hydrogen-bond donors (Lipinski definition) is 1. The molecule has 1 aliphatic rings. The summed E-state index contributed by atoms with van der Waals surface area (Å²) in [6.07, 6.45) is -0.470. The number of aromatic nitrogens is 3. The number of morpholine rings is 1. The second-order valence-corrected chi connectivity index (χ2v) is 6.41. The van der Waals surface area contributed by atoms with E-state index in [-0.39, 0.29) is 5.91 Å². The minimum absolute atomic E-state index is 0.0863. The van der Waals surface area contributed by atoms with E-state index in [1.54, 1.807) is 11.7 Å². The van der Waals surface area contributed by atoms with Crippen LogP contribution in [0.3, 0.4) is 0 Å². The number of carbonyl (C=O) groups excluding carboxylic acids is 1. The molecule has 1 amide bonds. The highest BCUT2D eigenvalue weighted by molar-refractivity contribution is 6.30. The van der Waals surface area contributed by atoms with Crippen molar-refractivity contribution in [1.29, 1.82) is 0 Å². The molecule has 0 unspecified atom stereocenters. The molecule has 1 N–H and O–H groups in total. The van der Waals surface area contributed by atoms with E-state index >= 15 is 0 Å². The van der Waals surface area contributed by atoms with Crippen LogP contribution in [0.1, 0.15) is 18.2 Å². The summed E-state index contributed by atoms with van der Waals surface area (Å²) in [6, 6.07) is 1.83. The van der Waals surface area contributed by atoms with Crippen molar-refractivity contribution in [2.45, 2.75) is 26.5 Å². The number of amides is 1. The van der Waals surface area contributed by atoms with Crippen molar-refractivity contribution >= 4 is 17.5 Å². The van der Waals surface area contributed by atoms with Crippen molar-refractivity contribution in [3.8, 4) is 11.4 Å². The maximum Gasteiger partial charge on any atom is 0.250 e. The van der Waals surface area contributed by atoms with Gasteiger partial charge in [0.05, 0.1) is 6.61 Å². The molecule has 1 atom stereocenters. The van der Waals surface area contributed by atoms with Crippen molar-refractivity contribution < 1.29 is 14.1 Å². The Balaban J connectivity index is 1.79. The molecule has 2 aromatic rings. The number of carbonyl (C=O) groups is 1. The highest BCUT2D eigenvalue weighted by Crippen LogP contribution is 2.29. The van der Waals surface area contributed by atoms with Crippen LogP contribution in [-0.2, 0) is 23.1 Å². The SMILES string of the molecule is CCNC(=O)[C@H]1CN(Cc2c(-c3cc(C)on3)nn(C)c2Cl)CCO1. The van der Waals surface area contributed by atoms with Gasteiger partial charge in [0.25, 0.3) is 0 Å². The summed E-state index contributed by atoms with van der Waals surface area (Å²) in [5.74, 6) is 0.627. The number of hydrogen-bond acceptors (Lipinski definition) is 6. The molecule has 3 heterocycles. The van der Waals surface area contributed by atoms with Crippen molar-refractivity contribution in [1.82, 2.24) is 25.2 Å².